The van der Waals surface area contributed by atoms with Crippen molar-refractivity contribution >= 4 is 31.5 Å². The van der Waals surface area contributed by atoms with E-state index in [1.165, 1.54) is 0 Å². The van der Waals surface area contributed by atoms with Crippen molar-refractivity contribution in [2.75, 3.05) is 20.1 Å². The van der Waals surface area contributed by atoms with Crippen LogP contribution in [0.15, 0.2) is 9.98 Å². The van der Waals surface area contributed by atoms with Crippen molar-refractivity contribution in [2.45, 2.75) is 51.1 Å². The molecule has 0 bridgehead atoms. The molecule has 2 unspecified atom stereocenters. The second kappa shape index (κ2) is 7.45. The maximum Gasteiger partial charge on any atom is 0.209 e. The molecule has 2 atom stereocenters. The predicted molar refractivity (Wildman–Crippen MR) is 89.1 cm³/mol. The maximum atomic E-state index is 5.91. The SMILES string of the molecule is COC1=NC(C(C)C)C(OC)=NC1C[Si](C)(C)CCCl. The second-order valence-electron chi connectivity index (χ2n) is 6.35. The second-order valence-corrected chi connectivity index (χ2v) is 12.0. The van der Waals surface area contributed by atoms with Crippen molar-refractivity contribution in [1.29, 1.82) is 0 Å². The summed E-state index contributed by atoms with van der Waals surface area (Å²) >= 11 is 5.91. The van der Waals surface area contributed by atoms with Gasteiger partial charge in [-0.25, -0.2) is 9.98 Å². The molecule has 1 aliphatic heterocycles. The summed E-state index contributed by atoms with van der Waals surface area (Å²) < 4.78 is 10.9. The van der Waals surface area contributed by atoms with Gasteiger partial charge in [0.1, 0.15) is 12.1 Å². The number of nitrogens with zero attached hydrogens (tertiary/aromatic N) is 2. The summed E-state index contributed by atoms with van der Waals surface area (Å²) in [6, 6.07) is 2.01. The zero-order chi connectivity index (χ0) is 15.3. The average Bonchev–Trinajstić information content (AvgIpc) is 2.37. The van der Waals surface area contributed by atoms with Gasteiger partial charge in [-0.2, -0.15) is 0 Å². The van der Waals surface area contributed by atoms with Gasteiger partial charge in [0.25, 0.3) is 0 Å². The van der Waals surface area contributed by atoms with Crippen LogP contribution in [0.3, 0.4) is 0 Å². The quantitative estimate of drug-likeness (QED) is 0.575. The smallest absolute Gasteiger partial charge is 0.209 e. The molecule has 4 nitrogen and oxygen atoms in total. The van der Waals surface area contributed by atoms with Crippen molar-refractivity contribution in [3.05, 3.63) is 0 Å². The molecule has 0 aromatic heterocycles. The Bertz CT molecular complexity index is 383. The molecule has 0 fully saturated rings. The van der Waals surface area contributed by atoms with Gasteiger partial charge in [0.05, 0.1) is 22.3 Å². The molecule has 20 heavy (non-hydrogen) atoms. The van der Waals surface area contributed by atoms with Crippen molar-refractivity contribution in [3.63, 3.8) is 0 Å². The van der Waals surface area contributed by atoms with Crippen LogP contribution in [0.1, 0.15) is 13.8 Å². The molecule has 0 saturated carbocycles. The number of rotatable bonds is 5. The van der Waals surface area contributed by atoms with Gasteiger partial charge in [-0.3, -0.25) is 0 Å². The molecule has 0 amide bonds. The largest absolute Gasteiger partial charge is 0.483 e. The van der Waals surface area contributed by atoms with Crippen molar-refractivity contribution < 1.29 is 9.47 Å². The Kier molecular flexibility index (Phi) is 6.52. The molecule has 0 saturated heterocycles. The zero-order valence-corrected chi connectivity index (χ0v) is 15.2. The number of halogens is 1. The molecule has 0 aromatic rings. The van der Waals surface area contributed by atoms with Gasteiger partial charge in [-0.1, -0.05) is 26.9 Å². The van der Waals surface area contributed by atoms with E-state index in [-0.39, 0.29) is 12.1 Å². The summed E-state index contributed by atoms with van der Waals surface area (Å²) in [6.07, 6.45) is 0. The molecule has 6 heteroatoms. The summed E-state index contributed by atoms with van der Waals surface area (Å²) in [5, 5.41) is 0. The Balaban J connectivity index is 2.95. The minimum Gasteiger partial charge on any atom is -0.483 e. The number of hydrogen-bond acceptors (Lipinski definition) is 4. The number of hydrogen-bond donors (Lipinski definition) is 0. The summed E-state index contributed by atoms with van der Waals surface area (Å²) in [7, 11) is 1.94. The van der Waals surface area contributed by atoms with Crippen LogP contribution in [0.5, 0.6) is 0 Å². The lowest BCUT2D eigenvalue weighted by Crippen LogP contribution is -2.41. The molecule has 0 N–H and O–H groups in total. The first-order valence-electron chi connectivity index (χ1n) is 7.14. The molecule has 0 aromatic carbocycles. The third-order valence-electron chi connectivity index (χ3n) is 3.65. The number of alkyl halides is 1. The van der Waals surface area contributed by atoms with Gasteiger partial charge in [0.15, 0.2) is 0 Å². The van der Waals surface area contributed by atoms with Crippen molar-refractivity contribution in [3.8, 4) is 0 Å². The lowest BCUT2D eigenvalue weighted by molar-refractivity contribution is 0.335. The standard InChI is InChI=1S/C14H27ClN2O2Si/c1-10(2)12-14(19-4)16-11(13(17-12)18-3)9-20(5,6)8-7-15/h10-12H,7-9H2,1-6H3. The van der Waals surface area contributed by atoms with E-state index in [0.29, 0.717) is 11.8 Å². The van der Waals surface area contributed by atoms with Gasteiger partial charge in [0.2, 0.25) is 11.8 Å². The highest BCUT2D eigenvalue weighted by molar-refractivity contribution is 6.78. The van der Waals surface area contributed by atoms with E-state index in [1.807, 2.05) is 0 Å². The highest BCUT2D eigenvalue weighted by Crippen LogP contribution is 2.25. The van der Waals surface area contributed by atoms with Gasteiger partial charge in [-0.15, -0.1) is 11.6 Å². The van der Waals surface area contributed by atoms with E-state index in [0.717, 1.165) is 23.9 Å². The monoisotopic (exact) mass is 318 g/mol. The molecular weight excluding hydrogens is 292 g/mol. The lowest BCUT2D eigenvalue weighted by Gasteiger charge is -2.31. The lowest BCUT2D eigenvalue weighted by atomic mass is 10.0. The van der Waals surface area contributed by atoms with E-state index in [4.69, 9.17) is 31.1 Å². The fourth-order valence-corrected chi connectivity index (χ4v) is 5.94. The molecule has 1 aliphatic rings. The summed E-state index contributed by atoms with van der Waals surface area (Å²) in [4.78, 5) is 9.46. The van der Waals surface area contributed by atoms with E-state index < -0.39 is 8.07 Å². The van der Waals surface area contributed by atoms with E-state index in [9.17, 15) is 0 Å². The van der Waals surface area contributed by atoms with Gasteiger partial charge < -0.3 is 9.47 Å². The first-order valence-corrected chi connectivity index (χ1v) is 11.1. The third-order valence-corrected chi connectivity index (χ3v) is 7.26. The first kappa shape index (κ1) is 17.5. The summed E-state index contributed by atoms with van der Waals surface area (Å²) in [6.45, 7) is 8.89. The van der Waals surface area contributed by atoms with E-state index >= 15 is 0 Å². The minimum atomic E-state index is -1.40. The van der Waals surface area contributed by atoms with Gasteiger partial charge in [-0.05, 0) is 18.0 Å². The molecule has 0 radical (unpaired) electrons. The van der Waals surface area contributed by atoms with Crippen LogP contribution < -0.4 is 0 Å². The highest BCUT2D eigenvalue weighted by atomic mass is 35.5. The first-order chi connectivity index (χ1) is 9.34. The Morgan fingerprint density at radius 2 is 1.75 bits per heavy atom. The summed E-state index contributed by atoms with van der Waals surface area (Å²) in [5.41, 5.74) is 0. The molecular formula is C14H27ClN2O2Si. The average molecular weight is 319 g/mol. The molecule has 1 rings (SSSR count). The fraction of sp³-hybridized carbons (Fsp3) is 0.857. The van der Waals surface area contributed by atoms with Crippen LogP contribution in [0.4, 0.5) is 0 Å². The maximum absolute atomic E-state index is 5.91. The molecule has 116 valence electrons. The normalized spacial score (nSPS) is 23.4. The predicted octanol–water partition coefficient (Wildman–Crippen LogP) is 3.43. The minimum absolute atomic E-state index is 0.0187. The Hall–Kier alpha value is -0.553. The number of methoxy groups -OCH3 is 2. The van der Waals surface area contributed by atoms with Crippen molar-refractivity contribution in [1.82, 2.24) is 0 Å². The Morgan fingerprint density at radius 3 is 2.20 bits per heavy atom. The number of ether oxygens (including phenoxy) is 2. The molecule has 0 spiro atoms. The van der Waals surface area contributed by atoms with E-state index in [2.05, 4.69) is 26.9 Å². The highest BCUT2D eigenvalue weighted by Gasteiger charge is 2.34. The van der Waals surface area contributed by atoms with Crippen LogP contribution in [-0.4, -0.2) is 52.1 Å². The molecule has 1 heterocycles. The van der Waals surface area contributed by atoms with Crippen LogP contribution in [-0.2, 0) is 9.47 Å². The molecule has 0 aliphatic carbocycles. The number of aliphatic imine (C=N–C) groups is 2. The van der Waals surface area contributed by atoms with E-state index in [1.54, 1.807) is 14.2 Å². The topological polar surface area (TPSA) is 43.2 Å². The van der Waals surface area contributed by atoms with Crippen LogP contribution in [0, 0.1) is 5.92 Å². The van der Waals surface area contributed by atoms with Crippen LogP contribution >= 0.6 is 11.6 Å². The Morgan fingerprint density at radius 1 is 1.15 bits per heavy atom. The summed E-state index contributed by atoms with van der Waals surface area (Å²) in [5.74, 6) is 2.51. The Labute approximate surface area is 128 Å². The fourth-order valence-electron chi connectivity index (χ4n) is 2.37. The third kappa shape index (κ3) is 4.48. The zero-order valence-electron chi connectivity index (χ0n) is 13.4. The van der Waals surface area contributed by atoms with Gasteiger partial charge >= 0.3 is 0 Å². The van der Waals surface area contributed by atoms with Crippen LogP contribution in [0.2, 0.25) is 25.2 Å². The van der Waals surface area contributed by atoms with Crippen LogP contribution in [0.25, 0.3) is 0 Å². The van der Waals surface area contributed by atoms with Gasteiger partial charge in [0, 0.05) is 5.88 Å². The van der Waals surface area contributed by atoms with Crippen molar-refractivity contribution in [2.24, 2.45) is 15.9 Å².